The SMILES string of the molecule is CC(C)C(CN)C(=O)N1CCC(C)C(O)C1. The number of nitrogens with two attached hydrogens (primary N) is 1. The van der Waals surface area contributed by atoms with E-state index in [4.69, 9.17) is 5.73 Å². The van der Waals surface area contributed by atoms with Gasteiger partial charge < -0.3 is 15.7 Å². The maximum atomic E-state index is 12.2. The first-order chi connectivity index (χ1) is 7.47. The third-order valence-electron chi connectivity index (χ3n) is 3.61. The lowest BCUT2D eigenvalue weighted by Gasteiger charge is -2.36. The number of piperidine rings is 1. The van der Waals surface area contributed by atoms with Crippen LogP contribution < -0.4 is 5.73 Å². The summed E-state index contributed by atoms with van der Waals surface area (Å²) in [7, 11) is 0. The van der Waals surface area contributed by atoms with E-state index in [2.05, 4.69) is 0 Å². The summed E-state index contributed by atoms with van der Waals surface area (Å²) in [5, 5.41) is 9.76. The Morgan fingerprint density at radius 2 is 2.19 bits per heavy atom. The molecule has 1 rings (SSSR count). The van der Waals surface area contributed by atoms with Crippen molar-refractivity contribution in [1.82, 2.24) is 4.90 Å². The molecule has 1 saturated heterocycles. The minimum Gasteiger partial charge on any atom is -0.391 e. The minimum absolute atomic E-state index is 0.100. The zero-order valence-corrected chi connectivity index (χ0v) is 10.5. The van der Waals surface area contributed by atoms with Crippen molar-refractivity contribution in [2.45, 2.75) is 33.3 Å². The highest BCUT2D eigenvalue weighted by atomic mass is 16.3. The molecule has 0 bridgehead atoms. The van der Waals surface area contributed by atoms with Gasteiger partial charge in [0, 0.05) is 19.6 Å². The number of aliphatic hydroxyl groups is 1. The molecule has 1 aliphatic rings. The summed E-state index contributed by atoms with van der Waals surface area (Å²) in [4.78, 5) is 13.9. The van der Waals surface area contributed by atoms with Crippen molar-refractivity contribution < 1.29 is 9.90 Å². The van der Waals surface area contributed by atoms with E-state index in [9.17, 15) is 9.90 Å². The Bertz CT molecular complexity index is 243. The number of carbonyl (C=O) groups is 1. The molecule has 3 unspecified atom stereocenters. The fourth-order valence-electron chi connectivity index (χ4n) is 2.14. The zero-order chi connectivity index (χ0) is 12.3. The summed E-state index contributed by atoms with van der Waals surface area (Å²) in [6, 6.07) is 0. The number of aliphatic hydroxyl groups excluding tert-OH is 1. The molecule has 0 aliphatic carbocycles. The molecule has 3 atom stereocenters. The number of hydrogen-bond acceptors (Lipinski definition) is 3. The lowest BCUT2D eigenvalue weighted by molar-refractivity contribution is -0.140. The Labute approximate surface area is 97.8 Å². The highest BCUT2D eigenvalue weighted by Gasteiger charge is 2.31. The normalized spacial score (nSPS) is 28.2. The van der Waals surface area contributed by atoms with Crippen LogP contribution in [0.2, 0.25) is 0 Å². The van der Waals surface area contributed by atoms with E-state index in [1.165, 1.54) is 0 Å². The second-order valence-corrected chi connectivity index (χ2v) is 5.20. The number of likely N-dealkylation sites (tertiary alicyclic amines) is 1. The highest BCUT2D eigenvalue weighted by Crippen LogP contribution is 2.20. The van der Waals surface area contributed by atoms with Gasteiger partial charge in [-0.3, -0.25) is 4.79 Å². The van der Waals surface area contributed by atoms with Crippen LogP contribution in [-0.4, -0.2) is 41.7 Å². The quantitative estimate of drug-likeness (QED) is 0.737. The third-order valence-corrected chi connectivity index (χ3v) is 3.61. The van der Waals surface area contributed by atoms with Crippen molar-refractivity contribution in [3.8, 4) is 0 Å². The van der Waals surface area contributed by atoms with Gasteiger partial charge in [-0.25, -0.2) is 0 Å². The van der Waals surface area contributed by atoms with Crippen LogP contribution in [0.25, 0.3) is 0 Å². The van der Waals surface area contributed by atoms with Gasteiger partial charge in [-0.1, -0.05) is 20.8 Å². The van der Waals surface area contributed by atoms with Gasteiger partial charge in [-0.2, -0.15) is 0 Å². The second-order valence-electron chi connectivity index (χ2n) is 5.20. The molecule has 3 N–H and O–H groups in total. The number of rotatable bonds is 3. The van der Waals surface area contributed by atoms with Crippen molar-refractivity contribution in [3.63, 3.8) is 0 Å². The molecule has 0 aromatic heterocycles. The average Bonchev–Trinajstić information content (AvgIpc) is 2.22. The smallest absolute Gasteiger partial charge is 0.227 e. The molecule has 0 aromatic rings. The van der Waals surface area contributed by atoms with E-state index in [-0.39, 0.29) is 23.8 Å². The topological polar surface area (TPSA) is 66.6 Å². The van der Waals surface area contributed by atoms with Gasteiger partial charge >= 0.3 is 0 Å². The maximum absolute atomic E-state index is 12.2. The van der Waals surface area contributed by atoms with Crippen LogP contribution >= 0.6 is 0 Å². The van der Waals surface area contributed by atoms with Crippen molar-refractivity contribution in [3.05, 3.63) is 0 Å². The lowest BCUT2D eigenvalue weighted by Crippen LogP contribution is -2.49. The molecule has 16 heavy (non-hydrogen) atoms. The fraction of sp³-hybridized carbons (Fsp3) is 0.917. The van der Waals surface area contributed by atoms with Gasteiger partial charge in [0.05, 0.1) is 12.0 Å². The average molecular weight is 228 g/mol. The number of hydrogen-bond donors (Lipinski definition) is 2. The third kappa shape index (κ3) is 2.95. The van der Waals surface area contributed by atoms with Crippen LogP contribution in [0.4, 0.5) is 0 Å². The van der Waals surface area contributed by atoms with Crippen molar-refractivity contribution >= 4 is 5.91 Å². The molecular formula is C12H24N2O2. The second kappa shape index (κ2) is 5.64. The molecule has 0 saturated carbocycles. The van der Waals surface area contributed by atoms with Crippen molar-refractivity contribution in [2.75, 3.05) is 19.6 Å². The predicted octanol–water partition coefficient (Wildman–Crippen LogP) is 0.447. The number of nitrogens with zero attached hydrogens (tertiary/aromatic N) is 1. The van der Waals surface area contributed by atoms with Crippen LogP contribution in [0.1, 0.15) is 27.2 Å². The Morgan fingerprint density at radius 1 is 1.56 bits per heavy atom. The van der Waals surface area contributed by atoms with Gasteiger partial charge in [0.25, 0.3) is 0 Å². The fourth-order valence-corrected chi connectivity index (χ4v) is 2.14. The van der Waals surface area contributed by atoms with Gasteiger partial charge in [0.15, 0.2) is 0 Å². The summed E-state index contributed by atoms with van der Waals surface area (Å²) in [6.45, 7) is 7.65. The summed E-state index contributed by atoms with van der Waals surface area (Å²) in [6.07, 6.45) is 0.491. The molecule has 94 valence electrons. The van der Waals surface area contributed by atoms with Gasteiger partial charge in [0.2, 0.25) is 5.91 Å². The predicted molar refractivity (Wildman–Crippen MR) is 63.8 cm³/mol. The summed E-state index contributed by atoms with van der Waals surface area (Å²) in [5.74, 6) is 0.539. The maximum Gasteiger partial charge on any atom is 0.227 e. The van der Waals surface area contributed by atoms with Crippen LogP contribution in [0.15, 0.2) is 0 Å². The Hall–Kier alpha value is -0.610. The van der Waals surface area contributed by atoms with Crippen molar-refractivity contribution in [2.24, 2.45) is 23.5 Å². The van der Waals surface area contributed by atoms with Crippen LogP contribution in [-0.2, 0) is 4.79 Å². The van der Waals surface area contributed by atoms with E-state index in [1.807, 2.05) is 20.8 Å². The largest absolute Gasteiger partial charge is 0.391 e. The molecule has 0 aromatic carbocycles. The number of β-amino-alcohol motifs (C(OH)–C–C–N with tert-alkyl or cyclic N) is 1. The molecule has 1 aliphatic heterocycles. The molecule has 4 nitrogen and oxygen atoms in total. The Kier molecular flexibility index (Phi) is 4.74. The van der Waals surface area contributed by atoms with E-state index in [0.717, 1.165) is 13.0 Å². The monoisotopic (exact) mass is 228 g/mol. The molecule has 4 heteroatoms. The highest BCUT2D eigenvalue weighted by molar-refractivity contribution is 5.79. The first-order valence-electron chi connectivity index (χ1n) is 6.14. The molecule has 1 fully saturated rings. The summed E-state index contributed by atoms with van der Waals surface area (Å²) >= 11 is 0. The van der Waals surface area contributed by atoms with Crippen LogP contribution in [0.3, 0.4) is 0 Å². The lowest BCUT2D eigenvalue weighted by atomic mass is 9.91. The van der Waals surface area contributed by atoms with E-state index in [0.29, 0.717) is 19.0 Å². The number of carbonyl (C=O) groups excluding carboxylic acids is 1. The first kappa shape index (κ1) is 13.5. The number of amides is 1. The van der Waals surface area contributed by atoms with Gasteiger partial charge in [-0.05, 0) is 18.3 Å². The Morgan fingerprint density at radius 3 is 2.62 bits per heavy atom. The molecular weight excluding hydrogens is 204 g/mol. The molecule has 1 heterocycles. The van der Waals surface area contributed by atoms with Crippen LogP contribution in [0.5, 0.6) is 0 Å². The van der Waals surface area contributed by atoms with Crippen molar-refractivity contribution in [1.29, 1.82) is 0 Å². The minimum atomic E-state index is -0.386. The molecule has 0 radical (unpaired) electrons. The standard InChI is InChI=1S/C12H24N2O2/c1-8(2)10(6-13)12(16)14-5-4-9(3)11(15)7-14/h8-11,15H,4-7,13H2,1-3H3. The van der Waals surface area contributed by atoms with Gasteiger partial charge in [0.1, 0.15) is 0 Å². The van der Waals surface area contributed by atoms with E-state index >= 15 is 0 Å². The molecule has 1 amide bonds. The van der Waals surface area contributed by atoms with E-state index < -0.39 is 0 Å². The Balaban J connectivity index is 2.60. The first-order valence-corrected chi connectivity index (χ1v) is 6.14. The van der Waals surface area contributed by atoms with Gasteiger partial charge in [-0.15, -0.1) is 0 Å². The summed E-state index contributed by atoms with van der Waals surface area (Å²) in [5.41, 5.74) is 5.63. The van der Waals surface area contributed by atoms with Crippen LogP contribution in [0, 0.1) is 17.8 Å². The van der Waals surface area contributed by atoms with E-state index in [1.54, 1.807) is 4.90 Å². The molecule has 0 spiro atoms. The zero-order valence-electron chi connectivity index (χ0n) is 10.5. The summed E-state index contributed by atoms with van der Waals surface area (Å²) < 4.78 is 0.